The zero-order valence-corrected chi connectivity index (χ0v) is 14.9. The van der Waals surface area contributed by atoms with Gasteiger partial charge in [0.05, 0.1) is 28.6 Å². The van der Waals surface area contributed by atoms with Crippen molar-refractivity contribution < 1.29 is 9.53 Å². The van der Waals surface area contributed by atoms with E-state index >= 15 is 0 Å². The second-order valence-corrected chi connectivity index (χ2v) is 6.31. The number of hydrogen-bond acceptors (Lipinski definition) is 6. The van der Waals surface area contributed by atoms with E-state index in [1.807, 2.05) is 30.3 Å². The molecule has 0 spiro atoms. The molecule has 4 aromatic rings. The van der Waals surface area contributed by atoms with E-state index in [-0.39, 0.29) is 11.3 Å². The molecular formula is C19H12ClN5O2. The molecule has 0 aliphatic heterocycles. The molecule has 0 saturated carbocycles. The highest BCUT2D eigenvalue weighted by Gasteiger charge is 2.20. The number of hydrogen-bond donors (Lipinski definition) is 0. The van der Waals surface area contributed by atoms with Crippen LogP contribution >= 0.6 is 11.6 Å². The van der Waals surface area contributed by atoms with Gasteiger partial charge in [0.2, 0.25) is 0 Å². The van der Waals surface area contributed by atoms with Gasteiger partial charge in [-0.1, -0.05) is 17.7 Å². The number of methoxy groups -OCH3 is 1. The van der Waals surface area contributed by atoms with Crippen LogP contribution in [0.5, 0.6) is 0 Å². The number of pyridine rings is 1. The maximum atomic E-state index is 12.2. The number of nitriles is 1. The molecule has 3 aromatic heterocycles. The van der Waals surface area contributed by atoms with Gasteiger partial charge in [0, 0.05) is 24.3 Å². The van der Waals surface area contributed by atoms with Crippen molar-refractivity contribution in [3.63, 3.8) is 0 Å². The maximum Gasteiger partial charge on any atom is 0.340 e. The Hall–Kier alpha value is -3.50. The standard InChI is InChI=1S/C19H12ClN5O2/c1-27-19(26)14-9-25(18-17(14)16(6-21)23-10-24-18)8-11-2-3-15-12(4-11)5-13(20)7-22-15/h2-5,7,9-10H,8H2,1H3. The van der Waals surface area contributed by atoms with Crippen LogP contribution in [0.15, 0.2) is 43.0 Å². The Morgan fingerprint density at radius 1 is 1.30 bits per heavy atom. The van der Waals surface area contributed by atoms with E-state index in [4.69, 9.17) is 16.3 Å². The number of nitrogens with zero attached hydrogens (tertiary/aromatic N) is 5. The zero-order chi connectivity index (χ0) is 19.0. The monoisotopic (exact) mass is 377 g/mol. The lowest BCUT2D eigenvalue weighted by atomic mass is 10.1. The van der Waals surface area contributed by atoms with Crippen molar-refractivity contribution in [3.05, 3.63) is 64.8 Å². The normalized spacial score (nSPS) is 10.9. The molecule has 1 aromatic carbocycles. The van der Waals surface area contributed by atoms with Crippen molar-refractivity contribution >= 4 is 39.5 Å². The lowest BCUT2D eigenvalue weighted by Gasteiger charge is -2.06. The molecular weight excluding hydrogens is 366 g/mol. The SMILES string of the molecule is COC(=O)c1cn(Cc2ccc3ncc(Cl)cc3c2)c2ncnc(C#N)c12. The van der Waals surface area contributed by atoms with Gasteiger partial charge in [0.25, 0.3) is 0 Å². The fraction of sp³-hybridized carbons (Fsp3) is 0.105. The van der Waals surface area contributed by atoms with Gasteiger partial charge >= 0.3 is 5.97 Å². The summed E-state index contributed by atoms with van der Waals surface area (Å²) >= 11 is 6.03. The Bertz CT molecular complexity index is 1240. The number of carbonyl (C=O) groups excluding carboxylic acids is 1. The minimum atomic E-state index is -0.542. The molecule has 8 heteroatoms. The van der Waals surface area contributed by atoms with Gasteiger partial charge in [-0.15, -0.1) is 0 Å². The van der Waals surface area contributed by atoms with Crippen LogP contribution in [0.1, 0.15) is 21.6 Å². The highest BCUT2D eigenvalue weighted by molar-refractivity contribution is 6.31. The highest BCUT2D eigenvalue weighted by atomic mass is 35.5. The fourth-order valence-electron chi connectivity index (χ4n) is 3.04. The number of benzene rings is 1. The van der Waals surface area contributed by atoms with Gasteiger partial charge < -0.3 is 9.30 Å². The molecule has 0 bridgehead atoms. The predicted molar refractivity (Wildman–Crippen MR) is 99.4 cm³/mol. The number of aromatic nitrogens is 4. The molecule has 3 heterocycles. The number of ether oxygens (including phenoxy) is 1. The Labute approximate surface area is 158 Å². The molecule has 0 radical (unpaired) electrons. The van der Waals surface area contributed by atoms with Gasteiger partial charge in [0.15, 0.2) is 5.69 Å². The molecule has 0 aliphatic carbocycles. The molecule has 0 unspecified atom stereocenters. The van der Waals surface area contributed by atoms with Gasteiger partial charge in [-0.05, 0) is 23.8 Å². The van der Waals surface area contributed by atoms with Gasteiger partial charge in [-0.25, -0.2) is 14.8 Å². The third-order valence-corrected chi connectivity index (χ3v) is 4.44. The molecule has 0 amide bonds. The third-order valence-electron chi connectivity index (χ3n) is 4.23. The van der Waals surface area contributed by atoms with Crippen LogP contribution < -0.4 is 0 Å². The first-order chi connectivity index (χ1) is 13.1. The Morgan fingerprint density at radius 3 is 2.93 bits per heavy atom. The molecule has 7 nitrogen and oxygen atoms in total. The molecule has 0 fully saturated rings. The first-order valence-electron chi connectivity index (χ1n) is 7.97. The topological polar surface area (TPSA) is 93.7 Å². The number of fused-ring (bicyclic) bond motifs is 2. The summed E-state index contributed by atoms with van der Waals surface area (Å²) in [6, 6.07) is 9.67. The summed E-state index contributed by atoms with van der Waals surface area (Å²) in [5.41, 5.74) is 2.69. The summed E-state index contributed by atoms with van der Waals surface area (Å²) in [4.78, 5) is 24.7. The zero-order valence-electron chi connectivity index (χ0n) is 14.2. The fourth-order valence-corrected chi connectivity index (χ4v) is 3.21. The summed E-state index contributed by atoms with van der Waals surface area (Å²) in [5, 5.41) is 11.2. The molecule has 132 valence electrons. The van der Waals surface area contributed by atoms with Crippen LogP contribution in [0.25, 0.3) is 21.9 Å². The summed E-state index contributed by atoms with van der Waals surface area (Å²) in [7, 11) is 1.29. The van der Waals surface area contributed by atoms with Crippen LogP contribution in [0.4, 0.5) is 0 Å². The minimum absolute atomic E-state index is 0.133. The van der Waals surface area contributed by atoms with Crippen LogP contribution in [0, 0.1) is 11.3 Å². The van der Waals surface area contributed by atoms with Crippen molar-refractivity contribution in [3.8, 4) is 6.07 Å². The van der Waals surface area contributed by atoms with Gasteiger partial charge in [-0.2, -0.15) is 5.26 Å². The van der Waals surface area contributed by atoms with E-state index < -0.39 is 5.97 Å². The van der Waals surface area contributed by atoms with Crippen molar-refractivity contribution in [2.24, 2.45) is 0 Å². The lowest BCUT2D eigenvalue weighted by molar-refractivity contribution is 0.0602. The predicted octanol–water partition coefficient (Wildman–Crippen LogP) is 3.34. The van der Waals surface area contributed by atoms with Crippen LogP contribution in [-0.4, -0.2) is 32.6 Å². The molecule has 0 N–H and O–H groups in total. The van der Waals surface area contributed by atoms with Crippen LogP contribution in [0.2, 0.25) is 5.02 Å². The second kappa shape index (κ2) is 6.67. The molecule has 0 aliphatic rings. The average Bonchev–Trinajstić information content (AvgIpc) is 3.05. The van der Waals surface area contributed by atoms with E-state index in [0.717, 1.165) is 16.5 Å². The molecule has 27 heavy (non-hydrogen) atoms. The largest absolute Gasteiger partial charge is 0.465 e. The van der Waals surface area contributed by atoms with Crippen molar-refractivity contribution in [1.82, 2.24) is 19.5 Å². The van der Waals surface area contributed by atoms with Crippen molar-refractivity contribution in [2.75, 3.05) is 7.11 Å². The quantitative estimate of drug-likeness (QED) is 0.508. The average molecular weight is 378 g/mol. The molecule has 0 atom stereocenters. The van der Waals surface area contributed by atoms with E-state index in [1.165, 1.54) is 13.4 Å². The number of rotatable bonds is 3. The summed E-state index contributed by atoms with van der Waals surface area (Å²) in [6.45, 7) is 0.442. The molecule has 4 rings (SSSR count). The van der Waals surface area contributed by atoms with Crippen LogP contribution in [-0.2, 0) is 11.3 Å². The first kappa shape index (κ1) is 16.9. The van der Waals surface area contributed by atoms with E-state index in [9.17, 15) is 10.1 Å². The van der Waals surface area contributed by atoms with E-state index in [1.54, 1.807) is 17.0 Å². The second-order valence-electron chi connectivity index (χ2n) is 5.88. The first-order valence-corrected chi connectivity index (χ1v) is 8.35. The van der Waals surface area contributed by atoms with E-state index in [0.29, 0.717) is 22.6 Å². The Kier molecular flexibility index (Phi) is 4.18. The van der Waals surface area contributed by atoms with Crippen molar-refractivity contribution in [2.45, 2.75) is 6.54 Å². The van der Waals surface area contributed by atoms with Gasteiger partial charge in [-0.3, -0.25) is 4.98 Å². The number of carbonyl (C=O) groups is 1. The Balaban J connectivity index is 1.85. The third kappa shape index (κ3) is 2.96. The summed E-state index contributed by atoms with van der Waals surface area (Å²) < 4.78 is 6.63. The summed E-state index contributed by atoms with van der Waals surface area (Å²) in [5.74, 6) is -0.542. The summed E-state index contributed by atoms with van der Waals surface area (Å²) in [6.07, 6.45) is 4.54. The Morgan fingerprint density at radius 2 is 2.15 bits per heavy atom. The lowest BCUT2D eigenvalue weighted by Crippen LogP contribution is -2.01. The number of esters is 1. The van der Waals surface area contributed by atoms with Crippen molar-refractivity contribution in [1.29, 1.82) is 5.26 Å². The van der Waals surface area contributed by atoms with Crippen LogP contribution in [0.3, 0.4) is 0 Å². The highest BCUT2D eigenvalue weighted by Crippen LogP contribution is 2.25. The number of halogens is 1. The smallest absolute Gasteiger partial charge is 0.340 e. The maximum absolute atomic E-state index is 12.2. The van der Waals surface area contributed by atoms with E-state index in [2.05, 4.69) is 15.0 Å². The minimum Gasteiger partial charge on any atom is -0.465 e. The van der Waals surface area contributed by atoms with Gasteiger partial charge in [0.1, 0.15) is 18.0 Å². The molecule has 0 saturated heterocycles.